The van der Waals surface area contributed by atoms with Gasteiger partial charge in [-0.3, -0.25) is 0 Å². The van der Waals surface area contributed by atoms with E-state index in [0.717, 1.165) is 11.3 Å². The molecular weight excluding hydrogens is 280 g/mol. The van der Waals surface area contributed by atoms with E-state index in [0.29, 0.717) is 17.9 Å². The Balaban J connectivity index is 2.03. The van der Waals surface area contributed by atoms with E-state index in [1.54, 1.807) is 16.8 Å². The Bertz CT molecular complexity index is 827. The number of carbonyl (C=O) groups is 1. The lowest BCUT2D eigenvalue weighted by Crippen LogP contribution is -2.19. The summed E-state index contributed by atoms with van der Waals surface area (Å²) >= 11 is 0. The molecule has 1 aromatic carbocycles. The zero-order valence-electron chi connectivity index (χ0n) is 12.4. The van der Waals surface area contributed by atoms with Crippen LogP contribution in [0.3, 0.4) is 0 Å². The van der Waals surface area contributed by atoms with Gasteiger partial charge in [0.15, 0.2) is 11.5 Å². The van der Waals surface area contributed by atoms with Crippen LogP contribution in [0.25, 0.3) is 5.52 Å². The van der Waals surface area contributed by atoms with Crippen LogP contribution in [0.2, 0.25) is 0 Å². The molecule has 3 aromatic rings. The summed E-state index contributed by atoms with van der Waals surface area (Å²) in [5.74, 6) is -0.332. The lowest BCUT2D eigenvalue weighted by molar-refractivity contribution is 0.0690. The van der Waals surface area contributed by atoms with Gasteiger partial charge in [0.25, 0.3) is 0 Å². The molecule has 1 N–H and O–H groups in total. The molecule has 2 aromatic heterocycles. The molecule has 0 radical (unpaired) electrons. The Morgan fingerprint density at radius 3 is 2.73 bits per heavy atom. The Morgan fingerprint density at radius 2 is 2.05 bits per heavy atom. The van der Waals surface area contributed by atoms with Crippen LogP contribution >= 0.6 is 0 Å². The van der Waals surface area contributed by atoms with Crippen molar-refractivity contribution in [3.63, 3.8) is 0 Å². The highest BCUT2D eigenvalue weighted by Gasteiger charge is 2.15. The van der Waals surface area contributed by atoms with Gasteiger partial charge in [-0.1, -0.05) is 30.3 Å². The number of nitrogens with zero attached hydrogens (tertiary/aromatic N) is 4. The first-order valence-electron chi connectivity index (χ1n) is 6.90. The molecule has 0 fully saturated rings. The first kappa shape index (κ1) is 14.1. The van der Waals surface area contributed by atoms with Crippen molar-refractivity contribution in [2.45, 2.75) is 13.5 Å². The van der Waals surface area contributed by atoms with Crippen LogP contribution in [-0.4, -0.2) is 32.7 Å². The minimum atomic E-state index is -1.04. The number of aromatic carboxylic acids is 1. The summed E-state index contributed by atoms with van der Waals surface area (Å²) in [6.07, 6.45) is 1.72. The zero-order valence-corrected chi connectivity index (χ0v) is 12.4. The molecule has 0 aliphatic rings. The maximum atomic E-state index is 11.1. The molecule has 0 bridgehead atoms. The Kier molecular flexibility index (Phi) is 3.50. The molecule has 0 aliphatic heterocycles. The standard InChI is InChI=1S/C16H16N4O2/c1-11-9-20-14(8-13(18-20)16(21)22)15(17-11)19(2)10-12-6-4-3-5-7-12/h3-9H,10H2,1-2H3,(H,21,22). The fourth-order valence-electron chi connectivity index (χ4n) is 2.41. The summed E-state index contributed by atoms with van der Waals surface area (Å²) in [6.45, 7) is 2.54. The minimum absolute atomic E-state index is 0.0155. The van der Waals surface area contributed by atoms with Gasteiger partial charge < -0.3 is 10.0 Å². The highest BCUT2D eigenvalue weighted by Crippen LogP contribution is 2.21. The Hall–Kier alpha value is -2.89. The first-order valence-corrected chi connectivity index (χ1v) is 6.90. The van der Waals surface area contributed by atoms with Crippen molar-refractivity contribution in [2.75, 3.05) is 11.9 Å². The van der Waals surface area contributed by atoms with Gasteiger partial charge in [-0.25, -0.2) is 14.3 Å². The van der Waals surface area contributed by atoms with Crippen molar-refractivity contribution < 1.29 is 9.90 Å². The largest absolute Gasteiger partial charge is 0.476 e. The first-order chi connectivity index (χ1) is 10.5. The number of aromatic nitrogens is 3. The molecule has 0 amide bonds. The second-order valence-corrected chi connectivity index (χ2v) is 5.21. The summed E-state index contributed by atoms with van der Waals surface area (Å²) in [4.78, 5) is 17.7. The van der Waals surface area contributed by atoms with Gasteiger partial charge in [-0.15, -0.1) is 0 Å². The van der Waals surface area contributed by atoms with E-state index < -0.39 is 5.97 Å². The Labute approximate surface area is 127 Å². The van der Waals surface area contributed by atoms with Crippen LogP contribution in [0.4, 0.5) is 5.82 Å². The third-order valence-corrected chi connectivity index (χ3v) is 3.40. The van der Waals surface area contributed by atoms with Crippen LogP contribution < -0.4 is 4.90 Å². The molecule has 0 saturated heterocycles. The van der Waals surface area contributed by atoms with E-state index >= 15 is 0 Å². The number of aryl methyl sites for hydroxylation is 1. The second-order valence-electron chi connectivity index (χ2n) is 5.21. The number of carboxylic acid groups (broad SMARTS) is 1. The monoisotopic (exact) mass is 296 g/mol. The van der Waals surface area contributed by atoms with Crippen LogP contribution in [-0.2, 0) is 6.54 Å². The highest BCUT2D eigenvalue weighted by atomic mass is 16.4. The third kappa shape index (κ3) is 2.63. The van der Waals surface area contributed by atoms with Crippen molar-refractivity contribution >= 4 is 17.3 Å². The summed E-state index contributed by atoms with van der Waals surface area (Å²) in [5.41, 5.74) is 2.63. The fraction of sp³-hybridized carbons (Fsp3) is 0.188. The van der Waals surface area contributed by atoms with Gasteiger partial charge in [0.2, 0.25) is 0 Å². The number of anilines is 1. The average molecular weight is 296 g/mol. The van der Waals surface area contributed by atoms with Crippen molar-refractivity contribution in [3.8, 4) is 0 Å². The number of fused-ring (bicyclic) bond motifs is 1. The predicted molar refractivity (Wildman–Crippen MR) is 83.2 cm³/mol. The number of carboxylic acids is 1. The smallest absolute Gasteiger partial charge is 0.356 e. The van der Waals surface area contributed by atoms with Gasteiger partial charge in [0.05, 0.1) is 11.9 Å². The molecule has 0 unspecified atom stereocenters. The van der Waals surface area contributed by atoms with Crippen LogP contribution in [0.1, 0.15) is 21.7 Å². The normalized spacial score (nSPS) is 10.8. The molecule has 0 aliphatic carbocycles. The molecule has 0 saturated carbocycles. The lowest BCUT2D eigenvalue weighted by Gasteiger charge is -2.19. The topological polar surface area (TPSA) is 70.7 Å². The summed E-state index contributed by atoms with van der Waals surface area (Å²) in [7, 11) is 1.93. The number of hydrogen-bond acceptors (Lipinski definition) is 4. The van der Waals surface area contributed by atoms with Crippen LogP contribution in [0.5, 0.6) is 0 Å². The molecular formula is C16H16N4O2. The maximum Gasteiger partial charge on any atom is 0.356 e. The quantitative estimate of drug-likeness (QED) is 0.800. The third-order valence-electron chi connectivity index (χ3n) is 3.40. The predicted octanol–water partition coefficient (Wildman–Crippen LogP) is 2.37. The summed E-state index contributed by atoms with van der Waals surface area (Å²) in [6, 6.07) is 11.6. The molecule has 22 heavy (non-hydrogen) atoms. The van der Waals surface area contributed by atoms with Crippen molar-refractivity contribution in [3.05, 3.63) is 59.5 Å². The number of hydrogen-bond donors (Lipinski definition) is 1. The zero-order chi connectivity index (χ0) is 15.7. The van der Waals surface area contributed by atoms with E-state index in [9.17, 15) is 4.79 Å². The van der Waals surface area contributed by atoms with Gasteiger partial charge in [-0.2, -0.15) is 5.10 Å². The van der Waals surface area contributed by atoms with E-state index in [-0.39, 0.29) is 5.69 Å². The number of benzene rings is 1. The molecule has 2 heterocycles. The molecule has 112 valence electrons. The second kappa shape index (κ2) is 5.48. The Morgan fingerprint density at radius 1 is 1.32 bits per heavy atom. The van der Waals surface area contributed by atoms with E-state index in [2.05, 4.69) is 10.1 Å². The SMILES string of the molecule is Cc1cn2nc(C(=O)O)cc2c(N(C)Cc2ccccc2)n1. The lowest BCUT2D eigenvalue weighted by atomic mass is 10.2. The van der Waals surface area contributed by atoms with Crippen molar-refractivity contribution in [2.24, 2.45) is 0 Å². The van der Waals surface area contributed by atoms with Gasteiger partial charge >= 0.3 is 5.97 Å². The minimum Gasteiger partial charge on any atom is -0.476 e. The van der Waals surface area contributed by atoms with Crippen LogP contribution in [0.15, 0.2) is 42.6 Å². The molecule has 0 atom stereocenters. The number of rotatable bonds is 4. The summed E-state index contributed by atoms with van der Waals surface area (Å²) < 4.78 is 1.57. The van der Waals surface area contributed by atoms with E-state index in [4.69, 9.17) is 5.11 Å². The van der Waals surface area contributed by atoms with Crippen molar-refractivity contribution in [1.82, 2.24) is 14.6 Å². The molecule has 0 spiro atoms. The fourth-order valence-corrected chi connectivity index (χ4v) is 2.41. The van der Waals surface area contributed by atoms with Crippen molar-refractivity contribution in [1.29, 1.82) is 0 Å². The van der Waals surface area contributed by atoms with E-state index in [1.165, 1.54) is 0 Å². The highest BCUT2D eigenvalue weighted by molar-refractivity contribution is 5.88. The van der Waals surface area contributed by atoms with E-state index in [1.807, 2.05) is 49.2 Å². The molecule has 6 heteroatoms. The molecule has 3 rings (SSSR count). The van der Waals surface area contributed by atoms with Gasteiger partial charge in [-0.05, 0) is 12.5 Å². The average Bonchev–Trinajstić information content (AvgIpc) is 2.91. The molecule has 6 nitrogen and oxygen atoms in total. The summed E-state index contributed by atoms with van der Waals surface area (Å²) in [5, 5.41) is 13.2. The van der Waals surface area contributed by atoms with Gasteiger partial charge in [0, 0.05) is 19.7 Å². The maximum absolute atomic E-state index is 11.1. The van der Waals surface area contributed by atoms with Crippen LogP contribution in [0, 0.1) is 6.92 Å². The van der Waals surface area contributed by atoms with Gasteiger partial charge in [0.1, 0.15) is 5.52 Å².